The minimum atomic E-state index is -0.177. The maximum absolute atomic E-state index is 13.6. The molecule has 1 unspecified atom stereocenters. The lowest BCUT2D eigenvalue weighted by atomic mass is 10.0. The molecule has 0 amide bonds. The Morgan fingerprint density at radius 3 is 2.56 bits per heavy atom. The highest BCUT2D eigenvalue weighted by Crippen LogP contribution is 2.25. The van der Waals surface area contributed by atoms with Gasteiger partial charge in [-0.25, -0.2) is 4.39 Å². The summed E-state index contributed by atoms with van der Waals surface area (Å²) >= 11 is 0. The molecule has 1 aliphatic heterocycles. The molecule has 16 heavy (non-hydrogen) atoms. The topological polar surface area (TPSA) is 23.5 Å². The van der Waals surface area contributed by atoms with E-state index >= 15 is 0 Å². The van der Waals surface area contributed by atoms with Gasteiger partial charge in [-0.3, -0.25) is 4.90 Å². The molecule has 1 fully saturated rings. The standard InChI is InChI=1S/C13H18FNO/c1-10(12-4-2-3-5-13(12)14)15-8-6-11(16)7-9-15/h2-5,10-11,16H,6-9H2,1H3. The van der Waals surface area contributed by atoms with E-state index in [1.54, 1.807) is 6.07 Å². The molecule has 1 N–H and O–H groups in total. The van der Waals surface area contributed by atoms with Crippen LogP contribution in [0.3, 0.4) is 0 Å². The van der Waals surface area contributed by atoms with Gasteiger partial charge in [0.15, 0.2) is 0 Å². The van der Waals surface area contributed by atoms with Crippen LogP contribution in [0.2, 0.25) is 0 Å². The number of aliphatic hydroxyl groups excluding tert-OH is 1. The van der Waals surface area contributed by atoms with Gasteiger partial charge in [0.05, 0.1) is 6.10 Å². The molecule has 1 aliphatic rings. The summed E-state index contributed by atoms with van der Waals surface area (Å²) in [6.45, 7) is 3.71. The zero-order chi connectivity index (χ0) is 11.5. The van der Waals surface area contributed by atoms with Crippen LogP contribution in [0.4, 0.5) is 4.39 Å². The van der Waals surface area contributed by atoms with Gasteiger partial charge < -0.3 is 5.11 Å². The molecule has 3 heteroatoms. The first-order chi connectivity index (χ1) is 7.68. The van der Waals surface area contributed by atoms with Crippen LogP contribution in [0.1, 0.15) is 31.4 Å². The van der Waals surface area contributed by atoms with E-state index in [4.69, 9.17) is 0 Å². The lowest BCUT2D eigenvalue weighted by Gasteiger charge is -2.34. The Kier molecular flexibility index (Phi) is 3.56. The molecule has 2 nitrogen and oxygen atoms in total. The fourth-order valence-corrected chi connectivity index (χ4v) is 2.28. The van der Waals surface area contributed by atoms with E-state index in [-0.39, 0.29) is 18.0 Å². The number of likely N-dealkylation sites (tertiary alicyclic amines) is 1. The lowest BCUT2D eigenvalue weighted by molar-refractivity contribution is 0.0637. The molecule has 0 bridgehead atoms. The Bertz CT molecular complexity index is 348. The van der Waals surface area contributed by atoms with Gasteiger partial charge in [0.1, 0.15) is 5.82 Å². The second-order valence-electron chi connectivity index (χ2n) is 4.46. The van der Waals surface area contributed by atoms with Crippen molar-refractivity contribution in [3.8, 4) is 0 Å². The predicted molar refractivity (Wildman–Crippen MR) is 61.6 cm³/mol. The van der Waals surface area contributed by atoms with Crippen LogP contribution in [0, 0.1) is 5.82 Å². The van der Waals surface area contributed by atoms with Crippen LogP contribution in [0.5, 0.6) is 0 Å². The average molecular weight is 223 g/mol. The van der Waals surface area contributed by atoms with E-state index in [0.29, 0.717) is 0 Å². The number of halogens is 1. The Morgan fingerprint density at radius 1 is 1.31 bits per heavy atom. The van der Waals surface area contributed by atoms with Crippen LogP contribution in [-0.4, -0.2) is 29.2 Å². The summed E-state index contributed by atoms with van der Waals surface area (Å²) in [5.74, 6) is -0.138. The fraction of sp³-hybridized carbons (Fsp3) is 0.538. The highest BCUT2D eigenvalue weighted by atomic mass is 19.1. The normalized spacial score (nSPS) is 20.9. The van der Waals surface area contributed by atoms with Crippen LogP contribution in [0.15, 0.2) is 24.3 Å². The molecule has 1 saturated heterocycles. The molecule has 0 spiro atoms. The molecular weight excluding hydrogens is 205 g/mol. The maximum Gasteiger partial charge on any atom is 0.127 e. The van der Waals surface area contributed by atoms with Crippen molar-refractivity contribution in [2.75, 3.05) is 13.1 Å². The van der Waals surface area contributed by atoms with Gasteiger partial charge >= 0.3 is 0 Å². The molecule has 1 aromatic rings. The van der Waals surface area contributed by atoms with E-state index in [9.17, 15) is 9.50 Å². The molecule has 1 aromatic carbocycles. The summed E-state index contributed by atoms with van der Waals surface area (Å²) in [5, 5.41) is 9.43. The number of hydrogen-bond donors (Lipinski definition) is 1. The Labute approximate surface area is 95.7 Å². The van der Waals surface area contributed by atoms with Gasteiger partial charge in [-0.1, -0.05) is 18.2 Å². The zero-order valence-electron chi connectivity index (χ0n) is 9.56. The van der Waals surface area contributed by atoms with E-state index in [2.05, 4.69) is 4.90 Å². The molecule has 0 radical (unpaired) electrons. The number of benzene rings is 1. The molecule has 2 rings (SSSR count). The highest BCUT2D eigenvalue weighted by Gasteiger charge is 2.23. The van der Waals surface area contributed by atoms with Crippen molar-refractivity contribution in [2.45, 2.75) is 31.9 Å². The number of aliphatic hydroxyl groups is 1. The summed E-state index contributed by atoms with van der Waals surface area (Å²) in [5.41, 5.74) is 0.749. The summed E-state index contributed by atoms with van der Waals surface area (Å²) in [6, 6.07) is 7.02. The first-order valence-electron chi connectivity index (χ1n) is 5.85. The average Bonchev–Trinajstić information content (AvgIpc) is 2.30. The minimum Gasteiger partial charge on any atom is -0.393 e. The van der Waals surface area contributed by atoms with Gasteiger partial charge in [0.25, 0.3) is 0 Å². The van der Waals surface area contributed by atoms with E-state index in [1.807, 2.05) is 19.1 Å². The Hall–Kier alpha value is -0.930. The summed E-state index contributed by atoms with van der Waals surface area (Å²) < 4.78 is 13.6. The van der Waals surface area contributed by atoms with Gasteiger partial charge in [-0.2, -0.15) is 0 Å². The van der Waals surface area contributed by atoms with Gasteiger partial charge in [0.2, 0.25) is 0 Å². The van der Waals surface area contributed by atoms with Gasteiger partial charge in [-0.15, -0.1) is 0 Å². The lowest BCUT2D eigenvalue weighted by Crippen LogP contribution is -2.37. The second-order valence-corrected chi connectivity index (χ2v) is 4.46. The maximum atomic E-state index is 13.6. The van der Waals surface area contributed by atoms with Crippen molar-refractivity contribution >= 4 is 0 Å². The fourth-order valence-electron chi connectivity index (χ4n) is 2.28. The van der Waals surface area contributed by atoms with Crippen LogP contribution >= 0.6 is 0 Å². The van der Waals surface area contributed by atoms with Crippen molar-refractivity contribution in [3.05, 3.63) is 35.6 Å². The van der Waals surface area contributed by atoms with Crippen molar-refractivity contribution in [1.29, 1.82) is 0 Å². The van der Waals surface area contributed by atoms with Crippen molar-refractivity contribution in [3.63, 3.8) is 0 Å². The summed E-state index contributed by atoms with van der Waals surface area (Å²) in [7, 11) is 0. The quantitative estimate of drug-likeness (QED) is 0.832. The van der Waals surface area contributed by atoms with Crippen LogP contribution in [0.25, 0.3) is 0 Å². The second kappa shape index (κ2) is 4.93. The monoisotopic (exact) mass is 223 g/mol. The van der Waals surface area contributed by atoms with Gasteiger partial charge in [-0.05, 0) is 25.8 Å². The number of rotatable bonds is 2. The predicted octanol–water partition coefficient (Wildman–Crippen LogP) is 2.34. The van der Waals surface area contributed by atoms with Crippen LogP contribution in [-0.2, 0) is 0 Å². The van der Waals surface area contributed by atoms with Crippen molar-refractivity contribution in [1.82, 2.24) is 4.90 Å². The SMILES string of the molecule is CC(c1ccccc1F)N1CCC(O)CC1. The third-order valence-corrected chi connectivity index (χ3v) is 3.40. The molecule has 0 saturated carbocycles. The summed E-state index contributed by atoms with van der Waals surface area (Å²) in [4.78, 5) is 2.23. The molecule has 1 heterocycles. The third-order valence-electron chi connectivity index (χ3n) is 3.40. The molecule has 1 atom stereocenters. The number of piperidine rings is 1. The zero-order valence-corrected chi connectivity index (χ0v) is 9.56. The van der Waals surface area contributed by atoms with Crippen molar-refractivity contribution < 1.29 is 9.50 Å². The Balaban J connectivity index is 2.07. The van der Waals surface area contributed by atoms with E-state index < -0.39 is 0 Å². The van der Waals surface area contributed by atoms with E-state index in [0.717, 1.165) is 31.5 Å². The highest BCUT2D eigenvalue weighted by molar-refractivity contribution is 5.20. The number of nitrogens with zero attached hydrogens (tertiary/aromatic N) is 1. The van der Waals surface area contributed by atoms with Gasteiger partial charge in [0, 0.05) is 24.7 Å². The molecular formula is C13H18FNO. The first-order valence-corrected chi connectivity index (χ1v) is 5.85. The van der Waals surface area contributed by atoms with Crippen molar-refractivity contribution in [2.24, 2.45) is 0 Å². The minimum absolute atomic E-state index is 0.0914. The first kappa shape index (κ1) is 11.6. The molecule has 0 aromatic heterocycles. The third kappa shape index (κ3) is 2.42. The smallest absolute Gasteiger partial charge is 0.127 e. The van der Waals surface area contributed by atoms with E-state index in [1.165, 1.54) is 6.07 Å². The molecule has 0 aliphatic carbocycles. The molecule has 88 valence electrons. The largest absolute Gasteiger partial charge is 0.393 e. The number of hydrogen-bond acceptors (Lipinski definition) is 2. The van der Waals surface area contributed by atoms with Crippen LogP contribution < -0.4 is 0 Å². The Morgan fingerprint density at radius 2 is 1.94 bits per heavy atom. The summed E-state index contributed by atoms with van der Waals surface area (Å²) in [6.07, 6.45) is 1.40.